The summed E-state index contributed by atoms with van der Waals surface area (Å²) in [6, 6.07) is 7.91. The Kier molecular flexibility index (Phi) is 4.92. The van der Waals surface area contributed by atoms with Gasteiger partial charge < -0.3 is 9.47 Å². The monoisotopic (exact) mass is 346 g/mol. The summed E-state index contributed by atoms with van der Waals surface area (Å²) in [5.41, 5.74) is 0.581. The van der Waals surface area contributed by atoms with Gasteiger partial charge in [0.05, 0.1) is 6.33 Å². The Hall–Kier alpha value is -1.85. The highest BCUT2D eigenvalue weighted by atomic mass is 35.5. The third-order valence-corrected chi connectivity index (χ3v) is 4.88. The molecular formula is C18H23ClN4O. The molecule has 128 valence electrons. The molecule has 1 fully saturated rings. The molecule has 2 aromatic rings. The highest BCUT2D eigenvalue weighted by Crippen LogP contribution is 2.31. The molecule has 2 heterocycles. The van der Waals surface area contributed by atoms with Crippen molar-refractivity contribution in [3.05, 3.63) is 53.6 Å². The summed E-state index contributed by atoms with van der Waals surface area (Å²) in [6.07, 6.45) is 7.18. The number of nitrogens with zero attached hydrogens (tertiary/aromatic N) is 4. The summed E-state index contributed by atoms with van der Waals surface area (Å²) in [4.78, 5) is 21.2. The Balaban J connectivity index is 1.86. The number of benzene rings is 1. The summed E-state index contributed by atoms with van der Waals surface area (Å²) in [6.45, 7) is 2.44. The normalized spacial score (nSPS) is 21.6. The molecule has 0 bridgehead atoms. The van der Waals surface area contributed by atoms with E-state index < -0.39 is 5.54 Å². The van der Waals surface area contributed by atoms with E-state index in [1.807, 2.05) is 43.1 Å². The number of rotatable bonds is 4. The Morgan fingerprint density at radius 3 is 2.92 bits per heavy atom. The van der Waals surface area contributed by atoms with Crippen molar-refractivity contribution in [2.24, 2.45) is 0 Å². The molecule has 0 spiro atoms. The summed E-state index contributed by atoms with van der Waals surface area (Å²) >= 11 is 6.10. The van der Waals surface area contributed by atoms with Crippen LogP contribution < -0.4 is 0 Å². The molecule has 24 heavy (non-hydrogen) atoms. The molecule has 1 saturated heterocycles. The topological polar surface area (TPSA) is 41.4 Å². The van der Waals surface area contributed by atoms with Gasteiger partial charge in [0.1, 0.15) is 5.54 Å². The molecule has 1 aliphatic rings. The maximum Gasteiger partial charge on any atom is 0.249 e. The van der Waals surface area contributed by atoms with Gasteiger partial charge in [-0.1, -0.05) is 23.7 Å². The molecule has 0 radical (unpaired) electrons. The maximum atomic E-state index is 13.0. The van der Waals surface area contributed by atoms with Gasteiger partial charge in [-0.25, -0.2) is 4.98 Å². The number of hydrogen-bond donors (Lipinski definition) is 0. The first kappa shape index (κ1) is 17.0. The number of carbonyl (C=O) groups is 1. The van der Waals surface area contributed by atoms with E-state index in [0.717, 1.165) is 31.0 Å². The summed E-state index contributed by atoms with van der Waals surface area (Å²) in [5.74, 6) is 0.122. The van der Waals surface area contributed by atoms with E-state index in [2.05, 4.69) is 16.0 Å². The van der Waals surface area contributed by atoms with Gasteiger partial charge in [-0.15, -0.1) is 0 Å². The van der Waals surface area contributed by atoms with Gasteiger partial charge in [0.2, 0.25) is 5.91 Å². The van der Waals surface area contributed by atoms with Crippen LogP contribution in [-0.2, 0) is 16.9 Å². The Morgan fingerprint density at radius 1 is 1.42 bits per heavy atom. The van der Waals surface area contributed by atoms with E-state index in [4.69, 9.17) is 11.6 Å². The molecule has 0 N–H and O–H groups in total. The molecule has 5 nitrogen and oxygen atoms in total. The van der Waals surface area contributed by atoms with Gasteiger partial charge in [-0.2, -0.15) is 0 Å². The number of likely N-dealkylation sites (N-methyl/N-ethyl adjacent to an activating group) is 1. The number of aromatic nitrogens is 2. The van der Waals surface area contributed by atoms with Crippen molar-refractivity contribution < 1.29 is 4.79 Å². The lowest BCUT2D eigenvalue weighted by Crippen LogP contribution is -2.57. The fraction of sp³-hybridized carbons (Fsp3) is 0.444. The van der Waals surface area contributed by atoms with Crippen molar-refractivity contribution in [3.63, 3.8) is 0 Å². The van der Waals surface area contributed by atoms with E-state index in [1.54, 1.807) is 17.4 Å². The first-order valence-electron chi connectivity index (χ1n) is 8.18. The quantitative estimate of drug-likeness (QED) is 0.854. The van der Waals surface area contributed by atoms with Gasteiger partial charge in [0.25, 0.3) is 0 Å². The predicted octanol–water partition coefficient (Wildman–Crippen LogP) is 2.62. The third kappa shape index (κ3) is 3.32. The van der Waals surface area contributed by atoms with Crippen molar-refractivity contribution in [2.75, 3.05) is 27.2 Å². The molecule has 1 aromatic heterocycles. The molecule has 0 saturated carbocycles. The fourth-order valence-corrected chi connectivity index (χ4v) is 3.79. The first-order valence-corrected chi connectivity index (χ1v) is 8.56. The van der Waals surface area contributed by atoms with E-state index in [9.17, 15) is 4.79 Å². The average Bonchev–Trinajstić information content (AvgIpc) is 3.09. The number of amides is 1. The average molecular weight is 347 g/mol. The van der Waals surface area contributed by atoms with Crippen LogP contribution in [0.5, 0.6) is 0 Å². The molecule has 1 aromatic carbocycles. The first-order chi connectivity index (χ1) is 11.5. The van der Waals surface area contributed by atoms with Crippen molar-refractivity contribution >= 4 is 17.5 Å². The second-order valence-electron chi connectivity index (χ2n) is 6.65. The van der Waals surface area contributed by atoms with Gasteiger partial charge >= 0.3 is 0 Å². The van der Waals surface area contributed by atoms with E-state index >= 15 is 0 Å². The van der Waals surface area contributed by atoms with Crippen LogP contribution in [0.2, 0.25) is 5.02 Å². The molecule has 0 aliphatic carbocycles. The van der Waals surface area contributed by atoms with E-state index in [-0.39, 0.29) is 5.91 Å². The van der Waals surface area contributed by atoms with Crippen LogP contribution in [0.4, 0.5) is 0 Å². The number of piperidine rings is 1. The maximum absolute atomic E-state index is 13.0. The van der Waals surface area contributed by atoms with Crippen molar-refractivity contribution in [1.82, 2.24) is 19.4 Å². The van der Waals surface area contributed by atoms with Crippen molar-refractivity contribution in [1.29, 1.82) is 0 Å². The Bertz CT molecular complexity index is 701. The van der Waals surface area contributed by atoms with Gasteiger partial charge in [-0.3, -0.25) is 9.69 Å². The van der Waals surface area contributed by atoms with Gasteiger partial charge in [-0.05, 0) is 37.1 Å². The molecule has 1 unspecified atom stereocenters. The highest BCUT2D eigenvalue weighted by Gasteiger charge is 2.44. The summed E-state index contributed by atoms with van der Waals surface area (Å²) in [7, 11) is 3.63. The SMILES string of the molecule is CN(C)C(=O)C1(n2ccnc2)CCCN(Cc2cccc(Cl)c2)C1. The standard InChI is InChI=1S/C18H23ClN4O/c1-21(2)17(24)18(23-10-8-20-14-23)7-4-9-22(13-18)12-15-5-3-6-16(19)11-15/h3,5-6,8,10-11,14H,4,7,9,12-13H2,1-2H3. The fourth-order valence-electron chi connectivity index (χ4n) is 3.58. The minimum atomic E-state index is -0.586. The molecule has 1 aliphatic heterocycles. The molecule has 3 rings (SSSR count). The molecule has 1 amide bonds. The summed E-state index contributed by atoms with van der Waals surface area (Å²) < 4.78 is 1.97. The largest absolute Gasteiger partial charge is 0.347 e. The molecule has 1 atom stereocenters. The number of imidazole rings is 1. The van der Waals surface area contributed by atoms with Crippen molar-refractivity contribution in [3.8, 4) is 0 Å². The minimum Gasteiger partial charge on any atom is -0.347 e. The van der Waals surface area contributed by atoms with Crippen LogP contribution in [0.1, 0.15) is 18.4 Å². The molecule has 6 heteroatoms. The lowest BCUT2D eigenvalue weighted by Gasteiger charge is -2.43. The smallest absolute Gasteiger partial charge is 0.249 e. The summed E-state index contributed by atoms with van der Waals surface area (Å²) in [5, 5.41) is 0.745. The number of halogens is 1. The third-order valence-electron chi connectivity index (χ3n) is 4.65. The van der Waals surface area contributed by atoms with Crippen LogP contribution in [0.25, 0.3) is 0 Å². The Morgan fingerprint density at radius 2 is 2.25 bits per heavy atom. The number of hydrogen-bond acceptors (Lipinski definition) is 3. The second kappa shape index (κ2) is 6.95. The lowest BCUT2D eigenvalue weighted by molar-refractivity contribution is -0.141. The van der Waals surface area contributed by atoms with E-state index in [0.29, 0.717) is 6.54 Å². The van der Waals surface area contributed by atoms with Crippen LogP contribution in [0, 0.1) is 0 Å². The zero-order chi connectivity index (χ0) is 17.2. The van der Waals surface area contributed by atoms with Crippen LogP contribution in [0.3, 0.4) is 0 Å². The zero-order valence-corrected chi connectivity index (χ0v) is 14.9. The minimum absolute atomic E-state index is 0.122. The van der Waals surface area contributed by atoms with Gasteiger partial charge in [0.15, 0.2) is 0 Å². The predicted molar refractivity (Wildman–Crippen MR) is 94.9 cm³/mol. The highest BCUT2D eigenvalue weighted by molar-refractivity contribution is 6.30. The molecular weight excluding hydrogens is 324 g/mol. The number of likely N-dealkylation sites (tertiary alicyclic amines) is 1. The van der Waals surface area contributed by atoms with Gasteiger partial charge in [0, 0.05) is 44.6 Å². The van der Waals surface area contributed by atoms with Crippen LogP contribution >= 0.6 is 11.6 Å². The number of carbonyl (C=O) groups excluding carboxylic acids is 1. The Labute approximate surface area is 147 Å². The van der Waals surface area contributed by atoms with E-state index in [1.165, 1.54) is 5.56 Å². The van der Waals surface area contributed by atoms with Crippen LogP contribution in [0.15, 0.2) is 43.0 Å². The van der Waals surface area contributed by atoms with Crippen LogP contribution in [-0.4, -0.2) is 52.4 Å². The zero-order valence-electron chi connectivity index (χ0n) is 14.2. The lowest BCUT2D eigenvalue weighted by atomic mass is 9.87. The second-order valence-corrected chi connectivity index (χ2v) is 7.08. The van der Waals surface area contributed by atoms with Crippen molar-refractivity contribution in [2.45, 2.75) is 24.9 Å².